The molecule has 3 heterocycles. The van der Waals surface area contributed by atoms with Gasteiger partial charge in [0.2, 0.25) is 5.06 Å². The van der Waals surface area contributed by atoms with E-state index in [0.29, 0.717) is 10.8 Å². The van der Waals surface area contributed by atoms with E-state index in [0.717, 1.165) is 22.3 Å². The number of anilines is 2. The average molecular weight is 394 g/mol. The second-order valence-electron chi connectivity index (χ2n) is 6.04. The summed E-state index contributed by atoms with van der Waals surface area (Å²) in [6, 6.07) is 14.8. The summed E-state index contributed by atoms with van der Waals surface area (Å²) in [5, 5.41) is 19.2. The molecule has 4 rings (SSSR count). The topological polar surface area (TPSA) is 99.3 Å². The van der Waals surface area contributed by atoms with Crippen LogP contribution >= 0.6 is 11.3 Å². The summed E-state index contributed by atoms with van der Waals surface area (Å²) in [5.74, 6) is 0. The lowest BCUT2D eigenvalue weighted by atomic mass is 10.1. The van der Waals surface area contributed by atoms with Crippen molar-refractivity contribution in [3.05, 3.63) is 71.9 Å². The van der Waals surface area contributed by atoms with Crippen molar-refractivity contribution >= 4 is 39.8 Å². The van der Waals surface area contributed by atoms with Crippen LogP contribution in [0.4, 0.5) is 16.2 Å². The van der Waals surface area contributed by atoms with Crippen LogP contribution in [0.2, 0.25) is 0 Å². The molecule has 0 spiro atoms. The van der Waals surface area contributed by atoms with Gasteiger partial charge in [0.1, 0.15) is 5.65 Å². The summed E-state index contributed by atoms with van der Waals surface area (Å²) < 4.78 is 5.41. The zero-order valence-electron chi connectivity index (χ0n) is 14.8. The van der Waals surface area contributed by atoms with Gasteiger partial charge in [0, 0.05) is 17.8 Å². The summed E-state index contributed by atoms with van der Waals surface area (Å²) in [6.07, 6.45) is 2.10. The summed E-state index contributed by atoms with van der Waals surface area (Å²) in [5.41, 5.74) is 3.04. The zero-order chi connectivity index (χ0) is 19.3. The molecule has 0 fully saturated rings. The lowest BCUT2D eigenvalue weighted by Gasteiger charge is -2.13. The van der Waals surface area contributed by atoms with Gasteiger partial charge in [-0.2, -0.15) is 0 Å². The van der Waals surface area contributed by atoms with Gasteiger partial charge in [-0.25, -0.2) is 9.78 Å². The normalized spacial score (nSPS) is 11.9. The smallest absolute Gasteiger partial charge is 0.397 e. The minimum atomic E-state index is -0.798. The van der Waals surface area contributed by atoms with Crippen LogP contribution in [-0.2, 0) is 0 Å². The van der Waals surface area contributed by atoms with Crippen LogP contribution in [0.15, 0.2) is 66.3 Å². The van der Waals surface area contributed by atoms with Crippen molar-refractivity contribution in [1.29, 1.82) is 0 Å². The van der Waals surface area contributed by atoms with Gasteiger partial charge >= 0.3 is 6.09 Å². The molecule has 3 aromatic heterocycles. The molecule has 4 N–H and O–H groups in total. The van der Waals surface area contributed by atoms with Gasteiger partial charge in [-0.15, -0.1) is 11.3 Å². The Morgan fingerprint density at radius 2 is 2.04 bits per heavy atom. The molecule has 0 radical (unpaired) electrons. The van der Waals surface area contributed by atoms with E-state index >= 15 is 0 Å². The van der Waals surface area contributed by atoms with Crippen molar-refractivity contribution in [3.63, 3.8) is 0 Å². The van der Waals surface area contributed by atoms with Crippen molar-refractivity contribution in [2.75, 3.05) is 11.9 Å². The van der Waals surface area contributed by atoms with Crippen molar-refractivity contribution in [2.45, 2.75) is 6.10 Å². The number of rotatable bonds is 6. The van der Waals surface area contributed by atoms with E-state index < -0.39 is 12.2 Å². The van der Waals surface area contributed by atoms with E-state index in [1.54, 1.807) is 18.3 Å². The number of amides is 1. The van der Waals surface area contributed by atoms with Crippen LogP contribution in [0.3, 0.4) is 0 Å². The van der Waals surface area contributed by atoms with E-state index in [4.69, 9.17) is 4.74 Å². The molecule has 1 atom stereocenters. The van der Waals surface area contributed by atoms with Crippen LogP contribution in [0, 0.1) is 0 Å². The fourth-order valence-corrected chi connectivity index (χ4v) is 3.47. The number of aliphatic hydroxyl groups is 1. The fraction of sp³-hybridized carbons (Fsp3) is 0.100. The first-order valence-electron chi connectivity index (χ1n) is 8.66. The largest absolute Gasteiger partial charge is 0.413 e. The van der Waals surface area contributed by atoms with Crippen LogP contribution in [0.1, 0.15) is 11.7 Å². The Bertz CT molecular complexity index is 1080. The minimum Gasteiger partial charge on any atom is -0.397 e. The molecule has 1 aromatic carbocycles. The maximum Gasteiger partial charge on any atom is 0.413 e. The second-order valence-corrected chi connectivity index (χ2v) is 6.92. The van der Waals surface area contributed by atoms with E-state index in [-0.39, 0.29) is 6.54 Å². The highest BCUT2D eigenvalue weighted by Crippen LogP contribution is 2.35. The number of aromatic nitrogens is 2. The fourth-order valence-electron chi connectivity index (χ4n) is 2.78. The Kier molecular flexibility index (Phi) is 5.22. The number of carbonyl (C=O) groups excluding carboxylic acids is 1. The zero-order valence-corrected chi connectivity index (χ0v) is 15.6. The molecule has 28 heavy (non-hydrogen) atoms. The standard InChI is InChI=1S/C20H18N4O3S/c25-17(13-4-2-1-3-5-13)12-23-20(26)27-19-16(8-11-28-19)24-15-7-10-22-18-14(15)6-9-21-18/h1-11,17,25H,12H2,(H,23,26)(H2,21,22,24). The Labute approximate surface area is 165 Å². The lowest BCUT2D eigenvalue weighted by molar-refractivity contribution is 0.162. The number of aromatic amines is 1. The number of hydrogen-bond donors (Lipinski definition) is 4. The first-order chi connectivity index (χ1) is 13.7. The molecular weight excluding hydrogens is 376 g/mol. The number of H-pyrrole nitrogens is 1. The van der Waals surface area contributed by atoms with E-state index in [1.807, 2.05) is 48.0 Å². The molecule has 1 amide bonds. The maximum atomic E-state index is 12.1. The SMILES string of the molecule is O=C(NCC(O)c1ccccc1)Oc1sccc1Nc1ccnc2[nH]ccc12. The van der Waals surface area contributed by atoms with E-state index in [9.17, 15) is 9.90 Å². The molecule has 0 bridgehead atoms. The highest BCUT2D eigenvalue weighted by atomic mass is 32.1. The van der Waals surface area contributed by atoms with Crippen molar-refractivity contribution in [1.82, 2.24) is 15.3 Å². The highest BCUT2D eigenvalue weighted by molar-refractivity contribution is 7.12. The number of carbonyl (C=O) groups is 1. The third-order valence-corrected chi connectivity index (χ3v) is 4.96. The van der Waals surface area contributed by atoms with E-state index in [2.05, 4.69) is 20.6 Å². The number of benzene rings is 1. The number of nitrogens with zero attached hydrogens (tertiary/aromatic N) is 1. The number of fused-ring (bicyclic) bond motifs is 1. The van der Waals surface area contributed by atoms with E-state index in [1.165, 1.54) is 11.3 Å². The van der Waals surface area contributed by atoms with Gasteiger partial charge in [0.05, 0.1) is 24.0 Å². The van der Waals surface area contributed by atoms with Gasteiger partial charge in [-0.3, -0.25) is 0 Å². The second kappa shape index (κ2) is 8.12. The number of nitrogens with one attached hydrogen (secondary N) is 3. The number of pyridine rings is 1. The molecule has 0 aliphatic rings. The monoisotopic (exact) mass is 394 g/mol. The van der Waals surface area contributed by atoms with Gasteiger partial charge in [-0.05, 0) is 29.1 Å². The average Bonchev–Trinajstić information content (AvgIpc) is 3.37. The summed E-state index contributed by atoms with van der Waals surface area (Å²) in [6.45, 7) is 0.0608. The van der Waals surface area contributed by atoms with Gasteiger partial charge < -0.3 is 25.5 Å². The Morgan fingerprint density at radius 1 is 1.18 bits per heavy atom. The lowest BCUT2D eigenvalue weighted by Crippen LogP contribution is -2.30. The summed E-state index contributed by atoms with van der Waals surface area (Å²) in [4.78, 5) is 19.5. The van der Waals surface area contributed by atoms with Crippen LogP contribution in [-0.4, -0.2) is 27.7 Å². The molecule has 142 valence electrons. The van der Waals surface area contributed by atoms with Crippen molar-refractivity contribution < 1.29 is 14.6 Å². The van der Waals surface area contributed by atoms with Crippen molar-refractivity contribution in [2.24, 2.45) is 0 Å². The molecule has 0 aliphatic carbocycles. The predicted molar refractivity (Wildman–Crippen MR) is 109 cm³/mol. The molecule has 7 nitrogen and oxygen atoms in total. The molecule has 0 aliphatic heterocycles. The summed E-state index contributed by atoms with van der Waals surface area (Å²) >= 11 is 1.30. The van der Waals surface area contributed by atoms with Gasteiger partial charge in [0.25, 0.3) is 0 Å². The van der Waals surface area contributed by atoms with Crippen LogP contribution in [0.5, 0.6) is 5.06 Å². The highest BCUT2D eigenvalue weighted by Gasteiger charge is 2.14. The maximum absolute atomic E-state index is 12.1. The first kappa shape index (κ1) is 18.0. The summed E-state index contributed by atoms with van der Waals surface area (Å²) in [7, 11) is 0. The van der Waals surface area contributed by atoms with Crippen LogP contribution in [0.25, 0.3) is 11.0 Å². The molecule has 0 saturated carbocycles. The van der Waals surface area contributed by atoms with Gasteiger partial charge in [-0.1, -0.05) is 30.3 Å². The molecule has 4 aromatic rings. The minimum absolute atomic E-state index is 0.0608. The quantitative estimate of drug-likeness (QED) is 0.393. The van der Waals surface area contributed by atoms with Crippen LogP contribution < -0.4 is 15.4 Å². The first-order valence-corrected chi connectivity index (χ1v) is 9.54. The number of hydrogen-bond acceptors (Lipinski definition) is 6. The predicted octanol–water partition coefficient (Wildman–Crippen LogP) is 4.19. The Hall–Kier alpha value is -3.36. The molecular formula is C20H18N4O3S. The Balaban J connectivity index is 1.39. The van der Waals surface area contributed by atoms with Crippen molar-refractivity contribution in [3.8, 4) is 5.06 Å². The third kappa shape index (κ3) is 3.98. The number of ether oxygens (including phenoxy) is 1. The number of thiophene rings is 1. The molecule has 0 saturated heterocycles. The molecule has 1 unspecified atom stereocenters. The number of aliphatic hydroxyl groups excluding tert-OH is 1. The molecule has 8 heteroatoms. The van der Waals surface area contributed by atoms with Gasteiger partial charge in [0.15, 0.2) is 0 Å². The Morgan fingerprint density at radius 3 is 2.89 bits per heavy atom. The third-order valence-electron chi connectivity index (χ3n) is 4.17.